The maximum Gasteiger partial charge on any atom is 0.274 e. The Bertz CT molecular complexity index is 842. The number of benzene rings is 1. The Hall–Kier alpha value is -2.25. The highest BCUT2D eigenvalue weighted by Crippen LogP contribution is 2.17. The summed E-state index contributed by atoms with van der Waals surface area (Å²) in [4.78, 5) is 16.7. The molecular weight excluding hydrogens is 346 g/mol. The minimum Gasteiger partial charge on any atom is -0.342 e. The zero-order chi connectivity index (χ0) is 17.1. The van der Waals surface area contributed by atoms with Gasteiger partial charge in [0, 0.05) is 16.1 Å². The van der Waals surface area contributed by atoms with Gasteiger partial charge in [0.1, 0.15) is 5.01 Å². The largest absolute Gasteiger partial charge is 0.342 e. The fourth-order valence-corrected chi connectivity index (χ4v) is 3.09. The first-order valence-corrected chi connectivity index (χ1v) is 8.64. The van der Waals surface area contributed by atoms with E-state index in [1.807, 2.05) is 43.5 Å². The van der Waals surface area contributed by atoms with Gasteiger partial charge in [0.25, 0.3) is 5.91 Å². The number of amides is 1. The molecule has 24 heavy (non-hydrogen) atoms. The second-order valence-electron chi connectivity index (χ2n) is 5.45. The summed E-state index contributed by atoms with van der Waals surface area (Å²) in [6.45, 7) is 4.35. The molecule has 0 fully saturated rings. The van der Waals surface area contributed by atoms with Crippen LogP contribution in [0.1, 0.15) is 39.7 Å². The molecule has 0 aliphatic carbocycles. The molecule has 1 atom stereocenters. The molecule has 0 aliphatic heterocycles. The minimum atomic E-state index is -0.266. The molecule has 0 aliphatic rings. The topological polar surface area (TPSA) is 72.7 Å². The Morgan fingerprint density at radius 1 is 1.38 bits per heavy atom. The lowest BCUT2D eigenvalue weighted by atomic mass is 10.2. The third kappa shape index (κ3) is 3.98. The van der Waals surface area contributed by atoms with Crippen molar-refractivity contribution >= 4 is 28.8 Å². The monoisotopic (exact) mass is 361 g/mol. The van der Waals surface area contributed by atoms with Crippen LogP contribution in [-0.2, 0) is 6.54 Å². The predicted octanol–water partition coefficient (Wildman–Crippen LogP) is 3.24. The SMILES string of the molecule is Cc1csc(C(C)NC(=O)c2cn(Cc3ccc(Cl)cc3)nn2)n1. The van der Waals surface area contributed by atoms with Gasteiger partial charge in [0.05, 0.1) is 18.8 Å². The third-order valence-electron chi connectivity index (χ3n) is 3.38. The Kier molecular flexibility index (Phi) is 4.92. The lowest BCUT2D eigenvalue weighted by Gasteiger charge is -2.09. The summed E-state index contributed by atoms with van der Waals surface area (Å²) in [5.74, 6) is -0.266. The van der Waals surface area contributed by atoms with Crippen LogP contribution in [0.5, 0.6) is 0 Å². The standard InChI is InChI=1S/C16H16ClN5OS/c1-10-9-24-16(18-10)11(2)19-15(23)14-8-22(21-20-14)7-12-3-5-13(17)6-4-12/h3-6,8-9,11H,7H2,1-2H3,(H,19,23). The second-order valence-corrected chi connectivity index (χ2v) is 6.78. The molecule has 124 valence electrons. The molecule has 8 heteroatoms. The van der Waals surface area contributed by atoms with Crippen LogP contribution >= 0.6 is 22.9 Å². The number of rotatable bonds is 5. The van der Waals surface area contributed by atoms with E-state index in [1.165, 1.54) is 11.3 Å². The Labute approximate surface area is 148 Å². The minimum absolute atomic E-state index is 0.169. The molecule has 0 saturated heterocycles. The number of nitrogens with zero attached hydrogens (tertiary/aromatic N) is 4. The van der Waals surface area contributed by atoms with E-state index in [4.69, 9.17) is 11.6 Å². The average Bonchev–Trinajstić information content (AvgIpc) is 3.19. The van der Waals surface area contributed by atoms with E-state index in [1.54, 1.807) is 10.9 Å². The number of hydrogen-bond donors (Lipinski definition) is 1. The zero-order valence-corrected chi connectivity index (χ0v) is 14.8. The average molecular weight is 362 g/mol. The van der Waals surface area contributed by atoms with Gasteiger partial charge in [-0.3, -0.25) is 4.79 Å². The summed E-state index contributed by atoms with van der Waals surface area (Å²) in [7, 11) is 0. The van der Waals surface area contributed by atoms with Crippen molar-refractivity contribution in [3.63, 3.8) is 0 Å². The number of aryl methyl sites for hydroxylation is 1. The molecule has 1 aromatic carbocycles. The molecule has 0 saturated carbocycles. The molecule has 0 radical (unpaired) electrons. The van der Waals surface area contributed by atoms with Gasteiger partial charge in [-0.2, -0.15) is 0 Å². The first-order valence-electron chi connectivity index (χ1n) is 7.39. The van der Waals surface area contributed by atoms with E-state index in [9.17, 15) is 4.79 Å². The van der Waals surface area contributed by atoms with Crippen LogP contribution in [0.25, 0.3) is 0 Å². The van der Waals surface area contributed by atoms with Gasteiger partial charge in [-0.15, -0.1) is 16.4 Å². The number of carbonyl (C=O) groups is 1. The summed E-state index contributed by atoms with van der Waals surface area (Å²) in [6.07, 6.45) is 1.63. The van der Waals surface area contributed by atoms with Gasteiger partial charge in [-0.25, -0.2) is 9.67 Å². The van der Waals surface area contributed by atoms with E-state index >= 15 is 0 Å². The van der Waals surface area contributed by atoms with Crippen molar-refractivity contribution in [2.45, 2.75) is 26.4 Å². The van der Waals surface area contributed by atoms with Gasteiger partial charge in [0.2, 0.25) is 0 Å². The predicted molar refractivity (Wildman–Crippen MR) is 93.3 cm³/mol. The first kappa shape index (κ1) is 16.6. The van der Waals surface area contributed by atoms with Crippen LogP contribution < -0.4 is 5.32 Å². The molecule has 1 N–H and O–H groups in total. The lowest BCUT2D eigenvalue weighted by Crippen LogP contribution is -2.26. The van der Waals surface area contributed by atoms with Crippen molar-refractivity contribution in [2.75, 3.05) is 0 Å². The smallest absolute Gasteiger partial charge is 0.274 e. The molecule has 2 heterocycles. The van der Waals surface area contributed by atoms with E-state index in [2.05, 4.69) is 20.6 Å². The van der Waals surface area contributed by atoms with Crippen molar-refractivity contribution in [2.24, 2.45) is 0 Å². The van der Waals surface area contributed by atoms with Crippen LogP contribution in [0.2, 0.25) is 5.02 Å². The van der Waals surface area contributed by atoms with E-state index < -0.39 is 0 Å². The van der Waals surface area contributed by atoms with Gasteiger partial charge in [0.15, 0.2) is 5.69 Å². The first-order chi connectivity index (χ1) is 11.5. The fourth-order valence-electron chi connectivity index (χ4n) is 2.16. The van der Waals surface area contributed by atoms with E-state index in [0.29, 0.717) is 11.6 Å². The molecule has 1 amide bonds. The van der Waals surface area contributed by atoms with E-state index in [0.717, 1.165) is 16.3 Å². The molecular formula is C16H16ClN5OS. The van der Waals surface area contributed by atoms with Crippen LogP contribution in [0.15, 0.2) is 35.8 Å². The van der Waals surface area contributed by atoms with Gasteiger partial charge < -0.3 is 5.32 Å². The van der Waals surface area contributed by atoms with Crippen LogP contribution in [-0.4, -0.2) is 25.9 Å². The van der Waals surface area contributed by atoms with Crippen LogP contribution in [0, 0.1) is 6.92 Å². The summed E-state index contributed by atoms with van der Waals surface area (Å²) in [6, 6.07) is 7.29. The Morgan fingerprint density at radius 3 is 2.79 bits per heavy atom. The molecule has 0 bridgehead atoms. The second kappa shape index (κ2) is 7.11. The number of halogens is 1. The summed E-state index contributed by atoms with van der Waals surface area (Å²) in [5, 5.41) is 14.3. The quantitative estimate of drug-likeness (QED) is 0.757. The van der Waals surface area contributed by atoms with Crippen LogP contribution in [0.3, 0.4) is 0 Å². The molecule has 3 aromatic rings. The van der Waals surface area contributed by atoms with Crippen molar-refractivity contribution in [1.29, 1.82) is 0 Å². The van der Waals surface area contributed by atoms with Crippen molar-refractivity contribution in [3.8, 4) is 0 Å². The highest BCUT2D eigenvalue weighted by Gasteiger charge is 2.16. The lowest BCUT2D eigenvalue weighted by molar-refractivity contribution is 0.0934. The summed E-state index contributed by atoms with van der Waals surface area (Å²) in [5.41, 5.74) is 2.26. The van der Waals surface area contributed by atoms with E-state index in [-0.39, 0.29) is 17.6 Å². The molecule has 3 rings (SSSR count). The van der Waals surface area contributed by atoms with Crippen molar-refractivity contribution in [3.05, 3.63) is 62.8 Å². The number of thiazole rings is 1. The molecule has 2 aromatic heterocycles. The molecule has 1 unspecified atom stereocenters. The maximum atomic E-state index is 12.3. The fraction of sp³-hybridized carbons (Fsp3) is 0.250. The zero-order valence-electron chi connectivity index (χ0n) is 13.2. The molecule has 6 nitrogen and oxygen atoms in total. The normalized spacial score (nSPS) is 12.1. The van der Waals surface area contributed by atoms with Gasteiger partial charge >= 0.3 is 0 Å². The van der Waals surface area contributed by atoms with Crippen LogP contribution in [0.4, 0.5) is 0 Å². The van der Waals surface area contributed by atoms with Gasteiger partial charge in [-0.1, -0.05) is 28.9 Å². The summed E-state index contributed by atoms with van der Waals surface area (Å²) < 4.78 is 1.62. The Balaban J connectivity index is 1.64. The molecule has 0 spiro atoms. The number of aromatic nitrogens is 4. The Morgan fingerprint density at radius 2 is 2.12 bits per heavy atom. The highest BCUT2D eigenvalue weighted by molar-refractivity contribution is 7.09. The summed E-state index contributed by atoms with van der Waals surface area (Å²) >= 11 is 7.39. The third-order valence-corrected chi connectivity index (χ3v) is 4.78. The van der Waals surface area contributed by atoms with Crippen molar-refractivity contribution < 1.29 is 4.79 Å². The van der Waals surface area contributed by atoms with Crippen molar-refractivity contribution in [1.82, 2.24) is 25.3 Å². The highest BCUT2D eigenvalue weighted by atomic mass is 35.5. The number of nitrogens with one attached hydrogen (secondary N) is 1. The number of hydrogen-bond acceptors (Lipinski definition) is 5. The van der Waals surface area contributed by atoms with Gasteiger partial charge in [-0.05, 0) is 31.5 Å². The maximum absolute atomic E-state index is 12.3. The number of carbonyl (C=O) groups excluding carboxylic acids is 1.